The fraction of sp³-hybridized carbons (Fsp3) is 0.238. The second-order valence-electron chi connectivity index (χ2n) is 6.33. The average molecular weight is 385 g/mol. The van der Waals surface area contributed by atoms with Gasteiger partial charge in [-0.2, -0.15) is 0 Å². The van der Waals surface area contributed by atoms with Crippen molar-refractivity contribution in [2.75, 3.05) is 17.7 Å². The number of aromatic nitrogens is 1. The number of anilines is 1. The monoisotopic (exact) mass is 384 g/mol. The van der Waals surface area contributed by atoms with Crippen LogP contribution in [0.3, 0.4) is 0 Å². The lowest BCUT2D eigenvalue weighted by Gasteiger charge is -2.11. The molecule has 1 heterocycles. The molecule has 1 atom stereocenters. The summed E-state index contributed by atoms with van der Waals surface area (Å²) in [7, 11) is 0. The predicted octanol–water partition coefficient (Wildman–Crippen LogP) is 4.17. The average Bonchev–Trinajstić information content (AvgIpc) is 2.70. The van der Waals surface area contributed by atoms with Gasteiger partial charge < -0.3 is 15.5 Å². The Balaban J connectivity index is 1.95. The number of aromatic carboxylic acids is 1. The van der Waals surface area contributed by atoms with E-state index in [1.54, 1.807) is 6.07 Å². The third-order valence-electron chi connectivity index (χ3n) is 4.41. The van der Waals surface area contributed by atoms with Crippen LogP contribution in [0, 0.1) is 0 Å². The Bertz CT molecular complexity index is 958. The number of halogens is 1. The van der Waals surface area contributed by atoms with Crippen molar-refractivity contribution in [3.63, 3.8) is 0 Å². The minimum Gasteiger partial charge on any atom is -0.478 e. The molecule has 0 saturated heterocycles. The molecule has 1 aromatic heterocycles. The maximum atomic E-state index is 11.8. The van der Waals surface area contributed by atoms with Gasteiger partial charge in [-0.3, -0.25) is 0 Å². The topological polar surface area (TPSA) is 82.5 Å². The van der Waals surface area contributed by atoms with E-state index in [4.69, 9.17) is 11.6 Å². The van der Waals surface area contributed by atoms with E-state index in [9.17, 15) is 15.0 Å². The first kappa shape index (κ1) is 19.1. The van der Waals surface area contributed by atoms with Gasteiger partial charge in [0.05, 0.1) is 28.8 Å². The number of pyridine rings is 1. The summed E-state index contributed by atoms with van der Waals surface area (Å²) < 4.78 is 0. The number of carboxylic acids is 1. The zero-order valence-corrected chi connectivity index (χ0v) is 15.7. The van der Waals surface area contributed by atoms with Crippen molar-refractivity contribution in [3.05, 3.63) is 59.7 Å². The number of aliphatic hydroxyl groups excluding tert-OH is 1. The molecular formula is C21H21ClN2O3. The number of fused-ring (bicyclic) bond motifs is 1. The lowest BCUT2D eigenvalue weighted by molar-refractivity contribution is 0.0699. The number of hydrogen-bond donors (Lipinski definition) is 3. The molecule has 6 heteroatoms. The molecule has 1 unspecified atom stereocenters. The summed E-state index contributed by atoms with van der Waals surface area (Å²) in [4.78, 5) is 16.4. The van der Waals surface area contributed by atoms with Gasteiger partial charge >= 0.3 is 5.97 Å². The Kier molecular flexibility index (Phi) is 5.94. The largest absolute Gasteiger partial charge is 0.478 e. The summed E-state index contributed by atoms with van der Waals surface area (Å²) in [5.74, 6) is -0.797. The molecule has 0 aliphatic heterocycles. The maximum absolute atomic E-state index is 11.8. The van der Waals surface area contributed by atoms with Crippen LogP contribution in [0.15, 0.2) is 48.5 Å². The number of carbonyl (C=O) groups is 1. The molecule has 3 rings (SSSR count). The number of aryl methyl sites for hydroxylation is 1. The van der Waals surface area contributed by atoms with E-state index >= 15 is 0 Å². The second kappa shape index (κ2) is 8.37. The molecule has 0 fully saturated rings. The summed E-state index contributed by atoms with van der Waals surface area (Å²) in [6.45, 7) is 2.39. The molecule has 5 nitrogen and oxygen atoms in total. The molecule has 27 heavy (non-hydrogen) atoms. The molecule has 2 aromatic carbocycles. The maximum Gasteiger partial charge on any atom is 0.336 e. The number of aliphatic hydroxyl groups is 1. The number of rotatable bonds is 7. The van der Waals surface area contributed by atoms with Gasteiger partial charge in [0.25, 0.3) is 0 Å². The molecule has 0 aliphatic rings. The number of carboxylic acid groups (broad SMARTS) is 1. The van der Waals surface area contributed by atoms with Crippen molar-refractivity contribution >= 4 is 34.2 Å². The van der Waals surface area contributed by atoms with Gasteiger partial charge in [-0.15, -0.1) is 11.6 Å². The van der Waals surface area contributed by atoms with E-state index in [0.717, 1.165) is 23.2 Å². The predicted molar refractivity (Wildman–Crippen MR) is 109 cm³/mol. The van der Waals surface area contributed by atoms with Gasteiger partial charge in [0, 0.05) is 23.2 Å². The minimum absolute atomic E-state index is 0.170. The zero-order valence-electron chi connectivity index (χ0n) is 14.9. The van der Waals surface area contributed by atoms with Gasteiger partial charge in [-0.05, 0) is 42.3 Å². The first-order chi connectivity index (χ1) is 13.0. The number of nitrogens with one attached hydrogen (secondary N) is 1. The number of alkyl halides is 1. The Morgan fingerprint density at radius 2 is 1.93 bits per heavy atom. The zero-order chi connectivity index (χ0) is 19.4. The van der Waals surface area contributed by atoms with Crippen LogP contribution in [0.4, 0.5) is 5.69 Å². The number of nitrogens with zero attached hydrogens (tertiary/aromatic N) is 1. The number of hydrogen-bond acceptors (Lipinski definition) is 4. The Morgan fingerprint density at radius 3 is 2.56 bits per heavy atom. The van der Waals surface area contributed by atoms with Crippen LogP contribution in [-0.4, -0.2) is 39.7 Å². The number of benzene rings is 2. The van der Waals surface area contributed by atoms with E-state index < -0.39 is 12.1 Å². The summed E-state index contributed by atoms with van der Waals surface area (Å²) in [6.07, 6.45) is 0.225. The Labute approximate surface area is 162 Å². The molecular weight excluding hydrogens is 364 g/mol. The van der Waals surface area contributed by atoms with Gasteiger partial charge in [-0.25, -0.2) is 9.78 Å². The standard InChI is InChI=1S/C21H21ClN2O3/c1-2-13-3-8-19-17(9-13)18(21(26)27)10-20(24-19)14-4-6-15(7-5-14)23-12-16(25)11-22/h3-10,16,23,25H,2,11-12H2,1H3,(H,26,27). The van der Waals surface area contributed by atoms with E-state index in [-0.39, 0.29) is 11.4 Å². The van der Waals surface area contributed by atoms with Gasteiger partial charge in [0.15, 0.2) is 0 Å². The van der Waals surface area contributed by atoms with Crippen molar-refractivity contribution in [2.45, 2.75) is 19.4 Å². The van der Waals surface area contributed by atoms with Crippen LogP contribution >= 0.6 is 11.6 Å². The van der Waals surface area contributed by atoms with Crippen LogP contribution in [0.25, 0.3) is 22.2 Å². The van der Waals surface area contributed by atoms with E-state index in [1.807, 2.05) is 49.4 Å². The summed E-state index contributed by atoms with van der Waals surface area (Å²) in [5.41, 5.74) is 4.26. The molecule has 140 valence electrons. The molecule has 0 radical (unpaired) electrons. The van der Waals surface area contributed by atoms with Crippen molar-refractivity contribution in [1.29, 1.82) is 0 Å². The first-order valence-corrected chi connectivity index (χ1v) is 9.30. The molecule has 0 amide bonds. The molecule has 0 bridgehead atoms. The fourth-order valence-electron chi connectivity index (χ4n) is 2.87. The summed E-state index contributed by atoms with van der Waals surface area (Å²) >= 11 is 5.58. The van der Waals surface area contributed by atoms with Crippen LogP contribution in [-0.2, 0) is 6.42 Å². The van der Waals surface area contributed by atoms with Crippen molar-refractivity contribution in [1.82, 2.24) is 4.98 Å². The molecule has 3 aromatic rings. The van der Waals surface area contributed by atoms with Gasteiger partial charge in [0.1, 0.15) is 0 Å². The van der Waals surface area contributed by atoms with Crippen molar-refractivity contribution in [3.8, 4) is 11.3 Å². The SMILES string of the molecule is CCc1ccc2nc(-c3ccc(NCC(O)CCl)cc3)cc(C(=O)O)c2c1. The van der Waals surface area contributed by atoms with Crippen LogP contribution < -0.4 is 5.32 Å². The smallest absolute Gasteiger partial charge is 0.336 e. The lowest BCUT2D eigenvalue weighted by atomic mass is 10.0. The molecule has 0 aliphatic carbocycles. The van der Waals surface area contributed by atoms with Crippen LogP contribution in [0.5, 0.6) is 0 Å². The summed E-state index contributed by atoms with van der Waals surface area (Å²) in [6, 6.07) is 14.8. The van der Waals surface area contributed by atoms with E-state index in [0.29, 0.717) is 23.1 Å². The van der Waals surface area contributed by atoms with Gasteiger partial charge in [0.2, 0.25) is 0 Å². The third-order valence-corrected chi connectivity index (χ3v) is 4.77. The normalized spacial score (nSPS) is 12.1. The highest BCUT2D eigenvalue weighted by atomic mass is 35.5. The lowest BCUT2D eigenvalue weighted by Crippen LogP contribution is -2.20. The van der Waals surface area contributed by atoms with Crippen LogP contribution in [0.1, 0.15) is 22.8 Å². The molecule has 0 saturated carbocycles. The molecule has 3 N–H and O–H groups in total. The molecule has 0 spiro atoms. The Morgan fingerprint density at radius 1 is 1.19 bits per heavy atom. The highest BCUT2D eigenvalue weighted by molar-refractivity contribution is 6.18. The van der Waals surface area contributed by atoms with Crippen molar-refractivity contribution < 1.29 is 15.0 Å². The summed E-state index contributed by atoms with van der Waals surface area (Å²) in [5, 5.41) is 22.9. The first-order valence-electron chi connectivity index (χ1n) is 8.77. The van der Waals surface area contributed by atoms with Crippen molar-refractivity contribution in [2.24, 2.45) is 0 Å². The highest BCUT2D eigenvalue weighted by Crippen LogP contribution is 2.27. The quantitative estimate of drug-likeness (QED) is 0.532. The van der Waals surface area contributed by atoms with Crippen LogP contribution in [0.2, 0.25) is 0 Å². The Hall–Kier alpha value is -2.63. The second-order valence-corrected chi connectivity index (χ2v) is 6.64. The van der Waals surface area contributed by atoms with E-state index in [1.165, 1.54) is 0 Å². The van der Waals surface area contributed by atoms with Gasteiger partial charge in [-0.1, -0.05) is 25.1 Å². The fourth-order valence-corrected chi connectivity index (χ4v) is 2.98. The highest BCUT2D eigenvalue weighted by Gasteiger charge is 2.13. The van der Waals surface area contributed by atoms with E-state index in [2.05, 4.69) is 10.3 Å². The minimum atomic E-state index is -0.967. The third kappa shape index (κ3) is 4.38.